The van der Waals surface area contributed by atoms with Crippen LogP contribution in [0.3, 0.4) is 0 Å². The smallest absolute Gasteiger partial charge is 0.276 e. The van der Waals surface area contributed by atoms with Crippen molar-refractivity contribution in [2.45, 2.75) is 13.1 Å². The Morgan fingerprint density at radius 2 is 1.77 bits per heavy atom. The highest BCUT2D eigenvalue weighted by atomic mass is 16.5. The van der Waals surface area contributed by atoms with E-state index in [0.29, 0.717) is 18.0 Å². The largest absolute Gasteiger partial charge is 0.492 e. The van der Waals surface area contributed by atoms with Gasteiger partial charge in [0, 0.05) is 24.1 Å². The Bertz CT molecular complexity index is 1190. The summed E-state index contributed by atoms with van der Waals surface area (Å²) in [4.78, 5) is 24.6. The van der Waals surface area contributed by atoms with Crippen LogP contribution in [0.15, 0.2) is 90.0 Å². The zero-order valence-corrected chi connectivity index (χ0v) is 16.7. The van der Waals surface area contributed by atoms with Gasteiger partial charge in [-0.25, -0.2) is 4.68 Å². The lowest BCUT2D eigenvalue weighted by atomic mass is 10.2. The maximum atomic E-state index is 12.6. The van der Waals surface area contributed by atoms with Crippen molar-refractivity contribution in [1.82, 2.24) is 19.6 Å². The van der Waals surface area contributed by atoms with Crippen molar-refractivity contribution in [1.29, 1.82) is 0 Å². The summed E-state index contributed by atoms with van der Waals surface area (Å²) in [5.74, 6) is 0.318. The van der Waals surface area contributed by atoms with E-state index in [9.17, 15) is 9.59 Å². The number of carbonyl (C=O) groups excluding carboxylic acids is 1. The Morgan fingerprint density at radius 1 is 0.968 bits per heavy atom. The van der Waals surface area contributed by atoms with Crippen LogP contribution >= 0.6 is 0 Å². The Hall–Kier alpha value is -4.20. The van der Waals surface area contributed by atoms with E-state index >= 15 is 0 Å². The molecule has 4 rings (SSSR count). The van der Waals surface area contributed by atoms with Gasteiger partial charge >= 0.3 is 0 Å². The van der Waals surface area contributed by atoms with Gasteiger partial charge in [-0.05, 0) is 42.0 Å². The van der Waals surface area contributed by atoms with Crippen molar-refractivity contribution in [2.24, 2.45) is 0 Å². The Morgan fingerprint density at radius 3 is 2.52 bits per heavy atom. The molecule has 1 amide bonds. The summed E-state index contributed by atoms with van der Waals surface area (Å²) in [6.07, 6.45) is 3.62. The molecule has 8 nitrogen and oxygen atoms in total. The molecular weight excluding hydrogens is 394 g/mol. The van der Waals surface area contributed by atoms with Crippen molar-refractivity contribution in [3.63, 3.8) is 0 Å². The van der Waals surface area contributed by atoms with Crippen LogP contribution < -0.4 is 15.6 Å². The normalized spacial score (nSPS) is 10.6. The van der Waals surface area contributed by atoms with Crippen LogP contribution in [-0.2, 0) is 13.1 Å². The maximum Gasteiger partial charge on any atom is 0.276 e. The molecule has 8 heteroatoms. The predicted molar refractivity (Wildman–Crippen MR) is 116 cm³/mol. The molecule has 0 aliphatic heterocycles. The first-order chi connectivity index (χ1) is 15.2. The van der Waals surface area contributed by atoms with Gasteiger partial charge in [-0.15, -0.1) is 0 Å². The standard InChI is InChI=1S/C23H21N5O3/c29-22-12-11-21(26-28(22)15-16-31-20-5-2-1-3-6-20)23(30)25-19-9-7-18(8-10-19)17-27-14-4-13-24-27/h1-14H,15-17H2,(H,25,30). The summed E-state index contributed by atoms with van der Waals surface area (Å²) in [5, 5.41) is 11.1. The number of carbonyl (C=O) groups is 1. The molecule has 0 radical (unpaired) electrons. The van der Waals surface area contributed by atoms with Crippen LogP contribution in [0.25, 0.3) is 0 Å². The van der Waals surface area contributed by atoms with Gasteiger partial charge in [-0.3, -0.25) is 14.3 Å². The highest BCUT2D eigenvalue weighted by molar-refractivity contribution is 6.02. The number of hydrogen-bond donors (Lipinski definition) is 1. The Kier molecular flexibility index (Phi) is 6.18. The lowest BCUT2D eigenvalue weighted by Crippen LogP contribution is -2.28. The van der Waals surface area contributed by atoms with E-state index < -0.39 is 5.91 Å². The lowest BCUT2D eigenvalue weighted by molar-refractivity contribution is 0.101. The number of hydrogen-bond acceptors (Lipinski definition) is 5. The van der Waals surface area contributed by atoms with Gasteiger partial charge in [-0.1, -0.05) is 30.3 Å². The van der Waals surface area contributed by atoms with Crippen molar-refractivity contribution in [3.05, 3.63) is 107 Å². The van der Waals surface area contributed by atoms with Crippen molar-refractivity contribution < 1.29 is 9.53 Å². The number of nitrogens with one attached hydrogen (secondary N) is 1. The molecule has 4 aromatic rings. The third kappa shape index (κ3) is 5.45. The minimum absolute atomic E-state index is 0.153. The van der Waals surface area contributed by atoms with Gasteiger partial charge < -0.3 is 10.1 Å². The van der Waals surface area contributed by atoms with Crippen LogP contribution in [0.1, 0.15) is 16.1 Å². The number of nitrogens with zero attached hydrogens (tertiary/aromatic N) is 4. The first kappa shape index (κ1) is 20.1. The van der Waals surface area contributed by atoms with E-state index in [1.54, 1.807) is 6.20 Å². The molecule has 0 bridgehead atoms. The van der Waals surface area contributed by atoms with Gasteiger partial charge in [0.1, 0.15) is 18.1 Å². The molecule has 0 unspecified atom stereocenters. The topological polar surface area (TPSA) is 91.0 Å². The van der Waals surface area contributed by atoms with Crippen LogP contribution in [0, 0.1) is 0 Å². The summed E-state index contributed by atoms with van der Waals surface area (Å²) in [5.41, 5.74) is 1.56. The number of benzene rings is 2. The number of para-hydroxylation sites is 1. The third-order valence-electron chi connectivity index (χ3n) is 4.53. The number of aromatic nitrogens is 4. The van der Waals surface area contributed by atoms with E-state index in [1.165, 1.54) is 16.8 Å². The average molecular weight is 415 g/mol. The molecule has 31 heavy (non-hydrogen) atoms. The molecule has 156 valence electrons. The zero-order valence-electron chi connectivity index (χ0n) is 16.7. The third-order valence-corrected chi connectivity index (χ3v) is 4.53. The molecule has 2 heterocycles. The fourth-order valence-corrected chi connectivity index (χ4v) is 2.97. The second kappa shape index (κ2) is 9.53. The molecule has 0 spiro atoms. The number of amides is 1. The summed E-state index contributed by atoms with van der Waals surface area (Å²) < 4.78 is 8.65. The molecular formula is C23H21N5O3. The second-order valence-corrected chi connectivity index (χ2v) is 6.80. The van der Waals surface area contributed by atoms with Crippen molar-refractivity contribution in [3.8, 4) is 5.75 Å². The number of rotatable bonds is 8. The summed E-state index contributed by atoms with van der Waals surface area (Å²) in [7, 11) is 0. The molecule has 0 saturated heterocycles. The molecule has 2 aromatic carbocycles. The van der Waals surface area contributed by atoms with Crippen molar-refractivity contribution in [2.75, 3.05) is 11.9 Å². The summed E-state index contributed by atoms with van der Waals surface area (Å²) >= 11 is 0. The Labute approximate surface area is 178 Å². The highest BCUT2D eigenvalue weighted by Gasteiger charge is 2.10. The zero-order chi connectivity index (χ0) is 21.5. The molecule has 2 aromatic heterocycles. The van der Waals surface area contributed by atoms with Crippen LogP contribution in [0.4, 0.5) is 5.69 Å². The monoisotopic (exact) mass is 415 g/mol. The molecule has 0 aliphatic rings. The molecule has 0 fully saturated rings. The van der Waals surface area contributed by atoms with E-state index in [-0.39, 0.29) is 24.4 Å². The van der Waals surface area contributed by atoms with Crippen molar-refractivity contribution >= 4 is 11.6 Å². The van der Waals surface area contributed by atoms with Crippen LogP contribution in [-0.4, -0.2) is 32.1 Å². The molecule has 0 atom stereocenters. The number of anilines is 1. The predicted octanol–water partition coefficient (Wildman–Crippen LogP) is 2.82. The van der Waals surface area contributed by atoms with Gasteiger partial charge in [0.25, 0.3) is 11.5 Å². The van der Waals surface area contributed by atoms with Crippen LogP contribution in [0.2, 0.25) is 0 Å². The fourth-order valence-electron chi connectivity index (χ4n) is 2.97. The first-order valence-electron chi connectivity index (χ1n) is 9.81. The minimum Gasteiger partial charge on any atom is -0.492 e. The van der Waals surface area contributed by atoms with E-state index in [4.69, 9.17) is 4.74 Å². The summed E-state index contributed by atoms with van der Waals surface area (Å²) in [6.45, 7) is 1.15. The quantitative estimate of drug-likeness (QED) is 0.478. The SMILES string of the molecule is O=C(Nc1ccc(Cn2cccn2)cc1)c1ccc(=O)n(CCOc2ccccc2)n1. The molecule has 0 aliphatic carbocycles. The number of ether oxygens (including phenoxy) is 1. The molecule has 0 saturated carbocycles. The van der Waals surface area contributed by atoms with E-state index in [2.05, 4.69) is 15.5 Å². The van der Waals surface area contributed by atoms with Gasteiger partial charge in [-0.2, -0.15) is 10.2 Å². The molecule has 1 N–H and O–H groups in total. The van der Waals surface area contributed by atoms with E-state index in [1.807, 2.05) is 71.5 Å². The van der Waals surface area contributed by atoms with Gasteiger partial charge in [0.2, 0.25) is 0 Å². The second-order valence-electron chi connectivity index (χ2n) is 6.80. The summed E-state index contributed by atoms with van der Waals surface area (Å²) in [6, 6.07) is 21.4. The minimum atomic E-state index is -0.391. The van der Waals surface area contributed by atoms with Crippen LogP contribution in [0.5, 0.6) is 5.75 Å². The maximum absolute atomic E-state index is 12.6. The lowest BCUT2D eigenvalue weighted by Gasteiger charge is -2.10. The van der Waals surface area contributed by atoms with Gasteiger partial charge in [0.05, 0.1) is 13.1 Å². The first-order valence-corrected chi connectivity index (χ1v) is 9.81. The van der Waals surface area contributed by atoms with Gasteiger partial charge in [0.15, 0.2) is 0 Å². The fraction of sp³-hybridized carbons (Fsp3) is 0.130. The average Bonchev–Trinajstić information content (AvgIpc) is 3.30. The van der Waals surface area contributed by atoms with E-state index in [0.717, 1.165) is 5.56 Å². The highest BCUT2D eigenvalue weighted by Crippen LogP contribution is 2.12. The Balaban J connectivity index is 1.36.